The molecule has 0 aliphatic heterocycles. The van der Waals surface area contributed by atoms with E-state index in [0.717, 1.165) is 29.7 Å². The Morgan fingerprint density at radius 2 is 2.14 bits per heavy atom. The van der Waals surface area contributed by atoms with Crippen LogP contribution in [0.3, 0.4) is 0 Å². The highest BCUT2D eigenvalue weighted by molar-refractivity contribution is 7.18. The molecule has 1 amide bonds. The Hall–Kier alpha value is -2.54. The molecule has 4 rings (SSSR count). The lowest BCUT2D eigenvalue weighted by Crippen LogP contribution is -2.29. The first-order chi connectivity index (χ1) is 13.3. The Bertz CT molecular complexity index is 1080. The monoisotopic (exact) mass is 396 g/mol. The number of pyridine rings is 1. The number of anilines is 1. The fourth-order valence-corrected chi connectivity index (χ4v) is 5.08. The molecule has 1 aliphatic carbocycles. The number of amides is 1. The molecule has 0 saturated carbocycles. The number of aromatic nitrogens is 3. The largest absolute Gasteiger partial charge is 0.309 e. The van der Waals surface area contributed by atoms with Gasteiger partial charge in [0.1, 0.15) is 17.2 Å². The van der Waals surface area contributed by atoms with E-state index in [4.69, 9.17) is 0 Å². The number of fused-ring (bicyclic) bond motifs is 3. The zero-order chi connectivity index (χ0) is 19.9. The molecule has 0 saturated heterocycles. The number of hydrogen-bond acceptors (Lipinski definition) is 5. The molecule has 3 aromatic rings. The second kappa shape index (κ2) is 7.13. The number of nitrogens with zero attached hydrogens (tertiary/aromatic N) is 3. The predicted molar refractivity (Wildman–Crippen MR) is 112 cm³/mol. The van der Waals surface area contributed by atoms with Gasteiger partial charge in [-0.2, -0.15) is 0 Å². The summed E-state index contributed by atoms with van der Waals surface area (Å²) in [4.78, 5) is 36.0. The van der Waals surface area contributed by atoms with Crippen molar-refractivity contribution in [1.82, 2.24) is 14.5 Å². The van der Waals surface area contributed by atoms with Crippen LogP contribution in [-0.4, -0.2) is 20.4 Å². The summed E-state index contributed by atoms with van der Waals surface area (Å²) in [5.74, 6) is 0.786. The first-order valence-electron chi connectivity index (χ1n) is 9.53. The molecule has 6 nitrogen and oxygen atoms in total. The number of carbonyl (C=O) groups excluding carboxylic acids is 1. The molecule has 1 unspecified atom stereocenters. The van der Waals surface area contributed by atoms with Gasteiger partial charge in [0.15, 0.2) is 0 Å². The van der Waals surface area contributed by atoms with Crippen molar-refractivity contribution in [2.45, 2.75) is 46.6 Å². The van der Waals surface area contributed by atoms with Crippen LogP contribution in [0.5, 0.6) is 0 Å². The lowest BCUT2D eigenvalue weighted by atomic mass is 9.72. The van der Waals surface area contributed by atoms with E-state index in [1.807, 2.05) is 0 Å². The van der Waals surface area contributed by atoms with Gasteiger partial charge < -0.3 is 5.32 Å². The van der Waals surface area contributed by atoms with Crippen molar-refractivity contribution in [3.63, 3.8) is 0 Å². The van der Waals surface area contributed by atoms with Crippen LogP contribution in [0, 0.1) is 11.3 Å². The summed E-state index contributed by atoms with van der Waals surface area (Å²) >= 11 is 1.63. The van der Waals surface area contributed by atoms with E-state index in [1.54, 1.807) is 35.7 Å². The van der Waals surface area contributed by atoms with Gasteiger partial charge in [-0.05, 0) is 48.3 Å². The summed E-state index contributed by atoms with van der Waals surface area (Å²) in [5, 5.41) is 3.40. The molecule has 0 aromatic carbocycles. The molecule has 28 heavy (non-hydrogen) atoms. The standard InChI is InChI=1S/C21H24N4O2S/c1-21(2,3)13-7-8-14-15(10-13)28-19-18(14)20(27)25(12-23-19)11-17(26)24-16-6-4-5-9-22-16/h4-6,9,12-13H,7-8,10-11H2,1-3H3,(H,22,24,26). The maximum atomic E-state index is 13.1. The van der Waals surface area contributed by atoms with Crippen molar-refractivity contribution in [1.29, 1.82) is 0 Å². The first-order valence-corrected chi connectivity index (χ1v) is 10.3. The van der Waals surface area contributed by atoms with Crippen LogP contribution in [0.15, 0.2) is 35.5 Å². The van der Waals surface area contributed by atoms with Crippen molar-refractivity contribution < 1.29 is 4.79 Å². The molecule has 3 heterocycles. The summed E-state index contributed by atoms with van der Waals surface area (Å²) < 4.78 is 1.39. The lowest BCUT2D eigenvalue weighted by Gasteiger charge is -2.33. The second-order valence-corrected chi connectivity index (χ2v) is 9.51. The van der Waals surface area contributed by atoms with Gasteiger partial charge in [0.05, 0.1) is 11.7 Å². The van der Waals surface area contributed by atoms with Crippen molar-refractivity contribution in [3.05, 3.63) is 51.5 Å². The maximum Gasteiger partial charge on any atom is 0.262 e. The molecule has 1 atom stereocenters. The van der Waals surface area contributed by atoms with Crippen LogP contribution in [0.4, 0.5) is 5.82 Å². The van der Waals surface area contributed by atoms with Crippen molar-refractivity contribution in [2.24, 2.45) is 11.3 Å². The first kappa shape index (κ1) is 18.8. The minimum Gasteiger partial charge on any atom is -0.309 e. The fourth-order valence-electron chi connectivity index (χ4n) is 3.83. The third-order valence-corrected chi connectivity index (χ3v) is 6.67. The SMILES string of the molecule is CC(C)(C)C1CCc2c(sc3ncn(CC(=O)Nc4ccccn4)c(=O)c23)C1. The van der Waals surface area contributed by atoms with Crippen molar-refractivity contribution in [2.75, 3.05) is 5.32 Å². The quantitative estimate of drug-likeness (QED) is 0.733. The summed E-state index contributed by atoms with van der Waals surface area (Å²) in [5.41, 5.74) is 1.26. The van der Waals surface area contributed by atoms with E-state index in [9.17, 15) is 9.59 Å². The topological polar surface area (TPSA) is 76.9 Å². The van der Waals surface area contributed by atoms with Crippen LogP contribution < -0.4 is 10.9 Å². The van der Waals surface area contributed by atoms with Crippen molar-refractivity contribution in [3.8, 4) is 0 Å². The van der Waals surface area contributed by atoms with Gasteiger partial charge in [0, 0.05) is 11.1 Å². The highest BCUT2D eigenvalue weighted by Crippen LogP contribution is 2.41. The number of carbonyl (C=O) groups is 1. The van der Waals surface area contributed by atoms with Gasteiger partial charge in [0.25, 0.3) is 5.56 Å². The highest BCUT2D eigenvalue weighted by atomic mass is 32.1. The average molecular weight is 397 g/mol. The zero-order valence-corrected chi connectivity index (χ0v) is 17.2. The molecule has 7 heteroatoms. The fraction of sp³-hybridized carbons (Fsp3) is 0.429. The smallest absolute Gasteiger partial charge is 0.262 e. The van der Waals surface area contributed by atoms with Crippen LogP contribution >= 0.6 is 11.3 Å². The van der Waals surface area contributed by atoms with E-state index in [0.29, 0.717) is 17.1 Å². The molecule has 1 N–H and O–H groups in total. The van der Waals surface area contributed by atoms with E-state index >= 15 is 0 Å². The zero-order valence-electron chi connectivity index (χ0n) is 16.4. The normalized spacial score (nSPS) is 16.8. The molecular formula is C21H24N4O2S. The van der Waals surface area contributed by atoms with E-state index in [1.165, 1.54) is 15.8 Å². The number of thiophene rings is 1. The molecule has 1 aliphatic rings. The third kappa shape index (κ3) is 3.58. The van der Waals surface area contributed by atoms with Crippen molar-refractivity contribution >= 4 is 33.3 Å². The summed E-state index contributed by atoms with van der Waals surface area (Å²) in [6, 6.07) is 5.29. The van der Waals surface area contributed by atoms with Gasteiger partial charge >= 0.3 is 0 Å². The molecule has 3 aromatic heterocycles. The summed E-state index contributed by atoms with van der Waals surface area (Å²) in [6.45, 7) is 6.76. The maximum absolute atomic E-state index is 13.1. The Labute approximate surface area is 167 Å². The van der Waals surface area contributed by atoms with Crippen LogP contribution in [-0.2, 0) is 24.2 Å². The van der Waals surface area contributed by atoms with E-state index in [2.05, 4.69) is 36.1 Å². The van der Waals surface area contributed by atoms with Gasteiger partial charge in [-0.1, -0.05) is 26.8 Å². The molecule has 0 bridgehead atoms. The molecule has 0 fully saturated rings. The molecule has 146 valence electrons. The Morgan fingerprint density at radius 1 is 1.32 bits per heavy atom. The molecular weight excluding hydrogens is 372 g/mol. The number of rotatable bonds is 3. The minimum atomic E-state index is -0.293. The van der Waals surface area contributed by atoms with Gasteiger partial charge in [-0.3, -0.25) is 14.2 Å². The van der Waals surface area contributed by atoms with Crippen LogP contribution in [0.2, 0.25) is 0 Å². The average Bonchev–Trinajstić information content (AvgIpc) is 3.02. The Morgan fingerprint density at radius 3 is 2.86 bits per heavy atom. The Balaban J connectivity index is 1.61. The van der Waals surface area contributed by atoms with E-state index < -0.39 is 0 Å². The Kier molecular flexibility index (Phi) is 4.79. The summed E-state index contributed by atoms with van der Waals surface area (Å²) in [6.07, 6.45) is 6.07. The van der Waals surface area contributed by atoms with Gasteiger partial charge in [0.2, 0.25) is 5.91 Å². The predicted octanol–water partition coefficient (Wildman–Crippen LogP) is 3.64. The van der Waals surface area contributed by atoms with Gasteiger partial charge in [-0.15, -0.1) is 11.3 Å². The number of nitrogens with one attached hydrogen (secondary N) is 1. The minimum absolute atomic E-state index is 0.0758. The third-order valence-electron chi connectivity index (χ3n) is 5.51. The molecule has 0 spiro atoms. The number of aryl methyl sites for hydroxylation is 1. The summed E-state index contributed by atoms with van der Waals surface area (Å²) in [7, 11) is 0. The van der Waals surface area contributed by atoms with Crippen LogP contribution in [0.25, 0.3) is 10.2 Å². The molecule has 0 radical (unpaired) electrons. The highest BCUT2D eigenvalue weighted by Gasteiger charge is 2.31. The van der Waals surface area contributed by atoms with Crippen LogP contribution in [0.1, 0.15) is 37.6 Å². The lowest BCUT2D eigenvalue weighted by molar-refractivity contribution is -0.116. The van der Waals surface area contributed by atoms with E-state index in [-0.39, 0.29) is 23.4 Å². The number of hydrogen-bond donors (Lipinski definition) is 1. The second-order valence-electron chi connectivity index (χ2n) is 8.43. The van der Waals surface area contributed by atoms with Gasteiger partial charge in [-0.25, -0.2) is 9.97 Å².